The highest BCUT2D eigenvalue weighted by atomic mass is 127. The summed E-state index contributed by atoms with van der Waals surface area (Å²) in [6, 6.07) is 11.8. The molecule has 0 unspecified atom stereocenters. The fourth-order valence-electron chi connectivity index (χ4n) is 3.45. The number of aromatic nitrogens is 2. The fraction of sp³-hybridized carbons (Fsp3) is 0.333. The molecule has 10 heteroatoms. The van der Waals surface area contributed by atoms with E-state index in [0.717, 1.165) is 60.9 Å². The molecule has 0 N–H and O–H groups in total. The second-order valence-corrected chi connectivity index (χ2v) is 10.4. The first-order chi connectivity index (χ1) is 14.8. The zero-order valence-corrected chi connectivity index (χ0v) is 21.5. The van der Waals surface area contributed by atoms with E-state index in [4.69, 9.17) is 4.98 Å². The third-order valence-corrected chi connectivity index (χ3v) is 8.85. The summed E-state index contributed by atoms with van der Waals surface area (Å²) in [5, 5.41) is 0.918. The molecule has 0 amide bonds. The van der Waals surface area contributed by atoms with Crippen LogP contribution in [0.2, 0.25) is 0 Å². The zero-order valence-electron chi connectivity index (χ0n) is 16.4. The van der Waals surface area contributed by atoms with Crippen molar-refractivity contribution in [2.75, 3.05) is 37.6 Å². The van der Waals surface area contributed by atoms with Crippen molar-refractivity contribution in [2.24, 2.45) is 0 Å². The van der Waals surface area contributed by atoms with E-state index in [0.29, 0.717) is 6.42 Å². The zero-order chi connectivity index (χ0) is 22.0. The number of rotatable bonds is 5. The summed E-state index contributed by atoms with van der Waals surface area (Å²) in [6.45, 7) is 4.13. The molecule has 1 saturated heterocycles. The lowest BCUT2D eigenvalue weighted by atomic mass is 10.1. The van der Waals surface area contributed by atoms with Gasteiger partial charge >= 0.3 is 6.18 Å². The van der Waals surface area contributed by atoms with E-state index in [-0.39, 0.29) is 0 Å². The van der Waals surface area contributed by atoms with Crippen LogP contribution in [0.15, 0.2) is 42.5 Å². The molecular weight excluding hydrogens is 651 g/mol. The van der Waals surface area contributed by atoms with E-state index < -0.39 is 11.7 Å². The average Bonchev–Trinajstić information content (AvgIpc) is 3.24. The summed E-state index contributed by atoms with van der Waals surface area (Å²) in [5.74, 6) is 0.751. The summed E-state index contributed by atoms with van der Waals surface area (Å²) >= 11 is 6.04. The van der Waals surface area contributed by atoms with Gasteiger partial charge < -0.3 is 4.90 Å². The molecular formula is C21H19F3I2N4S. The van der Waals surface area contributed by atoms with Crippen molar-refractivity contribution in [1.29, 1.82) is 0 Å². The van der Waals surface area contributed by atoms with Crippen LogP contribution in [-0.2, 0) is 12.6 Å². The average molecular weight is 670 g/mol. The molecule has 1 aromatic heterocycles. The summed E-state index contributed by atoms with van der Waals surface area (Å²) in [5.41, 5.74) is 1.16. The van der Waals surface area contributed by atoms with Crippen LogP contribution in [-0.4, -0.2) is 47.0 Å². The second-order valence-electron chi connectivity index (χ2n) is 7.31. The molecule has 4 rings (SSSR count). The van der Waals surface area contributed by atoms with Crippen LogP contribution in [0, 0.1) is 7.14 Å². The molecule has 0 saturated carbocycles. The van der Waals surface area contributed by atoms with E-state index in [2.05, 4.69) is 71.5 Å². The number of halogens is 5. The third-order valence-electron chi connectivity index (χ3n) is 5.21. The molecule has 0 aliphatic carbocycles. The van der Waals surface area contributed by atoms with Crippen molar-refractivity contribution in [3.8, 4) is 11.4 Å². The number of hydrogen-bond donors (Lipinski definition) is 0. The molecule has 4 nitrogen and oxygen atoms in total. The van der Waals surface area contributed by atoms with Crippen molar-refractivity contribution in [2.45, 2.75) is 12.6 Å². The summed E-state index contributed by atoms with van der Waals surface area (Å²) in [7, 11) is 0. The Morgan fingerprint density at radius 1 is 0.968 bits per heavy atom. The van der Waals surface area contributed by atoms with Crippen LogP contribution in [0.25, 0.3) is 11.4 Å². The van der Waals surface area contributed by atoms with Gasteiger partial charge in [-0.3, -0.25) is 4.90 Å². The molecule has 0 radical (unpaired) electrons. The van der Waals surface area contributed by atoms with Gasteiger partial charge in [-0.1, -0.05) is 24.3 Å². The normalized spacial score (nSPS) is 15.5. The van der Waals surface area contributed by atoms with E-state index in [1.807, 2.05) is 6.07 Å². The van der Waals surface area contributed by atoms with Gasteiger partial charge in [0.25, 0.3) is 0 Å². The van der Waals surface area contributed by atoms with Crippen LogP contribution in [0.1, 0.15) is 11.1 Å². The minimum atomic E-state index is -4.29. The number of alkyl halides is 3. The largest absolute Gasteiger partial charge is 0.416 e. The third kappa shape index (κ3) is 5.88. The topological polar surface area (TPSA) is 32.3 Å². The number of hydrogen-bond acceptors (Lipinski definition) is 5. The van der Waals surface area contributed by atoms with Gasteiger partial charge in [-0.05, 0) is 75.4 Å². The first-order valence-electron chi connectivity index (χ1n) is 9.72. The van der Waals surface area contributed by atoms with Gasteiger partial charge in [0.1, 0.15) is 0 Å². The summed E-state index contributed by atoms with van der Waals surface area (Å²) < 4.78 is 45.6. The maximum atomic E-state index is 12.9. The minimum absolute atomic E-state index is 0.579. The Bertz CT molecular complexity index is 1050. The van der Waals surface area contributed by atoms with Crippen molar-refractivity contribution in [3.05, 3.63) is 60.7 Å². The molecule has 2 heterocycles. The van der Waals surface area contributed by atoms with E-state index in [9.17, 15) is 13.2 Å². The fourth-order valence-corrected chi connectivity index (χ4v) is 5.04. The van der Waals surface area contributed by atoms with Crippen molar-refractivity contribution >= 4 is 61.8 Å². The number of benzene rings is 2. The summed E-state index contributed by atoms with van der Waals surface area (Å²) in [4.78, 5) is 9.26. The molecule has 1 aliphatic heterocycles. The Morgan fingerprint density at radius 2 is 1.74 bits per heavy atom. The molecule has 0 atom stereocenters. The molecule has 31 heavy (non-hydrogen) atoms. The molecule has 164 valence electrons. The highest BCUT2D eigenvalue weighted by molar-refractivity contribution is 14.1. The number of nitrogens with zero attached hydrogens (tertiary/aromatic N) is 4. The lowest BCUT2D eigenvalue weighted by molar-refractivity contribution is -0.137. The van der Waals surface area contributed by atoms with Crippen LogP contribution in [0.4, 0.5) is 18.3 Å². The van der Waals surface area contributed by atoms with Gasteiger partial charge in [0.15, 0.2) is 5.82 Å². The quantitative estimate of drug-likeness (QED) is 0.322. The smallest absolute Gasteiger partial charge is 0.344 e. The first kappa shape index (κ1) is 23.2. The maximum Gasteiger partial charge on any atom is 0.416 e. The molecule has 3 aromatic rings. The van der Waals surface area contributed by atoms with E-state index in [1.165, 1.54) is 30.8 Å². The van der Waals surface area contributed by atoms with Gasteiger partial charge in [0, 0.05) is 57.0 Å². The maximum absolute atomic E-state index is 12.9. The Balaban J connectivity index is 1.31. The van der Waals surface area contributed by atoms with Crippen LogP contribution in [0.5, 0.6) is 0 Å². The van der Waals surface area contributed by atoms with Gasteiger partial charge in [-0.2, -0.15) is 22.5 Å². The van der Waals surface area contributed by atoms with Crippen LogP contribution in [0.3, 0.4) is 0 Å². The van der Waals surface area contributed by atoms with Gasteiger partial charge in [-0.15, -0.1) is 0 Å². The van der Waals surface area contributed by atoms with Crippen molar-refractivity contribution in [1.82, 2.24) is 14.3 Å². The molecule has 0 spiro atoms. The molecule has 2 aromatic carbocycles. The highest BCUT2D eigenvalue weighted by Crippen LogP contribution is 2.30. The number of anilines is 1. The van der Waals surface area contributed by atoms with Crippen molar-refractivity contribution in [3.63, 3.8) is 0 Å². The SMILES string of the molecule is FC(F)(F)c1cccc(CCN2CCN(c3nc(-c4ccc(I)c(I)c4)ns3)CC2)c1. The molecule has 1 aliphatic rings. The Kier molecular flexibility index (Phi) is 7.38. The van der Waals surface area contributed by atoms with Gasteiger partial charge in [-0.25, -0.2) is 0 Å². The highest BCUT2D eigenvalue weighted by Gasteiger charge is 2.30. The van der Waals surface area contributed by atoms with E-state index >= 15 is 0 Å². The monoisotopic (exact) mass is 670 g/mol. The standard InChI is InChI=1S/C21H19F3I2N4S/c22-21(23,24)16-3-1-2-14(12-16)6-7-29-8-10-30(11-9-29)20-27-19(28-31-20)15-4-5-17(25)18(26)13-15/h1-5,12-13H,6-11H2. The van der Waals surface area contributed by atoms with Gasteiger partial charge in [0.05, 0.1) is 5.56 Å². The number of piperazine rings is 1. The lowest BCUT2D eigenvalue weighted by Crippen LogP contribution is -2.47. The Labute approximate surface area is 210 Å². The predicted molar refractivity (Wildman–Crippen MR) is 135 cm³/mol. The molecule has 1 fully saturated rings. The first-order valence-corrected chi connectivity index (χ1v) is 12.7. The predicted octanol–water partition coefficient (Wildman–Crippen LogP) is 5.80. The van der Waals surface area contributed by atoms with E-state index in [1.54, 1.807) is 6.07 Å². The lowest BCUT2D eigenvalue weighted by Gasteiger charge is -2.34. The second kappa shape index (κ2) is 9.87. The minimum Gasteiger partial charge on any atom is -0.344 e. The van der Waals surface area contributed by atoms with Crippen LogP contribution >= 0.6 is 56.7 Å². The summed E-state index contributed by atoms with van der Waals surface area (Å²) in [6.07, 6.45) is -3.68. The Morgan fingerprint density at radius 3 is 2.45 bits per heavy atom. The van der Waals surface area contributed by atoms with Gasteiger partial charge in [0.2, 0.25) is 5.13 Å². The molecule has 0 bridgehead atoms. The Hall–Kier alpha value is -0.990. The van der Waals surface area contributed by atoms with Crippen LogP contribution < -0.4 is 4.90 Å². The van der Waals surface area contributed by atoms with Crippen molar-refractivity contribution < 1.29 is 13.2 Å².